The fourth-order valence-electron chi connectivity index (χ4n) is 2.56. The summed E-state index contributed by atoms with van der Waals surface area (Å²) in [5.74, 6) is -1.01. The lowest BCUT2D eigenvalue weighted by atomic mass is 10.0. The van der Waals surface area contributed by atoms with Gasteiger partial charge in [-0.1, -0.05) is 30.3 Å². The number of hydrogen-bond donors (Lipinski definition) is 1. The van der Waals surface area contributed by atoms with Crippen molar-refractivity contribution in [3.8, 4) is 0 Å². The molecule has 2 atom stereocenters. The van der Waals surface area contributed by atoms with Crippen molar-refractivity contribution in [2.45, 2.75) is 31.8 Å². The quantitative estimate of drug-likeness (QED) is 0.663. The molecule has 2 unspecified atom stereocenters. The summed E-state index contributed by atoms with van der Waals surface area (Å²) in [6, 6.07) is 8.60. The second-order valence-electron chi connectivity index (χ2n) is 4.83. The molecule has 1 aromatic carbocycles. The minimum Gasteiger partial charge on any atom is -0.464 e. The topological polar surface area (TPSA) is 72.6 Å². The van der Waals surface area contributed by atoms with Crippen LogP contribution >= 0.6 is 0 Å². The van der Waals surface area contributed by atoms with Gasteiger partial charge in [0.05, 0.1) is 12.6 Å². The van der Waals surface area contributed by atoms with Crippen molar-refractivity contribution < 1.29 is 14.3 Å². The van der Waals surface area contributed by atoms with Gasteiger partial charge in [-0.2, -0.15) is 0 Å². The number of hydrogen-bond acceptors (Lipinski definition) is 4. The first kappa shape index (κ1) is 14.5. The predicted molar refractivity (Wildman–Crippen MR) is 74.7 cm³/mol. The Morgan fingerprint density at radius 2 is 2.10 bits per heavy atom. The van der Waals surface area contributed by atoms with E-state index in [1.807, 2.05) is 30.3 Å². The van der Waals surface area contributed by atoms with Gasteiger partial charge in [0.2, 0.25) is 0 Å². The molecule has 0 radical (unpaired) electrons. The van der Waals surface area contributed by atoms with Gasteiger partial charge in [0.25, 0.3) is 5.91 Å². The summed E-state index contributed by atoms with van der Waals surface area (Å²) in [7, 11) is 0. The van der Waals surface area contributed by atoms with Gasteiger partial charge < -0.3 is 15.4 Å². The molecule has 0 aliphatic carbocycles. The Kier molecular flexibility index (Phi) is 4.74. The third kappa shape index (κ3) is 2.99. The van der Waals surface area contributed by atoms with E-state index in [0.29, 0.717) is 6.54 Å². The van der Waals surface area contributed by atoms with Crippen LogP contribution in [0.15, 0.2) is 30.3 Å². The van der Waals surface area contributed by atoms with Crippen molar-refractivity contribution in [1.29, 1.82) is 0 Å². The Bertz CT molecular complexity index is 475. The van der Waals surface area contributed by atoms with E-state index in [2.05, 4.69) is 0 Å². The third-order valence-electron chi connectivity index (χ3n) is 3.53. The second kappa shape index (κ2) is 6.52. The zero-order chi connectivity index (χ0) is 14.5. The molecule has 20 heavy (non-hydrogen) atoms. The molecule has 108 valence electrons. The van der Waals surface area contributed by atoms with Crippen molar-refractivity contribution in [2.24, 2.45) is 5.73 Å². The van der Waals surface area contributed by atoms with Crippen LogP contribution < -0.4 is 5.73 Å². The van der Waals surface area contributed by atoms with Crippen LogP contribution in [-0.2, 0) is 14.3 Å². The maximum Gasteiger partial charge on any atom is 0.332 e. The monoisotopic (exact) mass is 276 g/mol. The van der Waals surface area contributed by atoms with Crippen LogP contribution in [-0.4, -0.2) is 36.0 Å². The molecule has 1 aliphatic rings. The molecule has 0 bridgehead atoms. The smallest absolute Gasteiger partial charge is 0.332 e. The Hall–Kier alpha value is -1.88. The van der Waals surface area contributed by atoms with Gasteiger partial charge in [-0.3, -0.25) is 4.79 Å². The highest BCUT2D eigenvalue weighted by atomic mass is 16.5. The summed E-state index contributed by atoms with van der Waals surface area (Å²) in [6.07, 6.45) is 1.81. The van der Waals surface area contributed by atoms with Crippen LogP contribution in [0.2, 0.25) is 0 Å². The van der Waals surface area contributed by atoms with E-state index in [4.69, 9.17) is 10.5 Å². The summed E-state index contributed by atoms with van der Waals surface area (Å²) in [5.41, 5.74) is 6.78. The lowest BCUT2D eigenvalue weighted by molar-refractivity contribution is -0.151. The lowest BCUT2D eigenvalue weighted by Gasteiger charge is -2.27. The zero-order valence-corrected chi connectivity index (χ0v) is 11.6. The van der Waals surface area contributed by atoms with Gasteiger partial charge in [-0.25, -0.2) is 4.79 Å². The van der Waals surface area contributed by atoms with Crippen molar-refractivity contribution in [2.75, 3.05) is 13.2 Å². The van der Waals surface area contributed by atoms with Crippen LogP contribution in [0, 0.1) is 0 Å². The van der Waals surface area contributed by atoms with Crippen LogP contribution in [0.5, 0.6) is 0 Å². The molecule has 1 saturated heterocycles. The molecule has 2 rings (SSSR count). The van der Waals surface area contributed by atoms with Crippen LogP contribution in [0.25, 0.3) is 0 Å². The fraction of sp³-hybridized carbons (Fsp3) is 0.467. The molecule has 5 nitrogen and oxygen atoms in total. The number of amides is 1. The zero-order valence-electron chi connectivity index (χ0n) is 11.6. The van der Waals surface area contributed by atoms with Gasteiger partial charge in [0.1, 0.15) is 0 Å². The van der Waals surface area contributed by atoms with Crippen molar-refractivity contribution in [1.82, 2.24) is 4.90 Å². The average molecular weight is 276 g/mol. The summed E-state index contributed by atoms with van der Waals surface area (Å²) >= 11 is 0. The summed E-state index contributed by atoms with van der Waals surface area (Å²) in [4.78, 5) is 25.6. The van der Waals surface area contributed by atoms with E-state index in [1.54, 1.807) is 11.8 Å². The van der Waals surface area contributed by atoms with Gasteiger partial charge in [0.15, 0.2) is 6.04 Å². The molecule has 0 saturated carbocycles. The Labute approximate surface area is 118 Å². The van der Waals surface area contributed by atoms with E-state index in [-0.39, 0.29) is 18.6 Å². The first-order chi connectivity index (χ1) is 9.65. The Morgan fingerprint density at radius 3 is 2.75 bits per heavy atom. The minimum atomic E-state index is -1.22. The van der Waals surface area contributed by atoms with E-state index < -0.39 is 12.0 Å². The van der Waals surface area contributed by atoms with E-state index >= 15 is 0 Å². The number of carbonyl (C=O) groups is 2. The number of nitrogens with zero attached hydrogens (tertiary/aromatic N) is 1. The summed E-state index contributed by atoms with van der Waals surface area (Å²) in [5, 5.41) is 0. The molecule has 1 aliphatic heterocycles. The molecular weight excluding hydrogens is 256 g/mol. The average Bonchev–Trinajstić information content (AvgIpc) is 2.96. The predicted octanol–water partition coefficient (Wildman–Crippen LogP) is 1.24. The van der Waals surface area contributed by atoms with E-state index in [9.17, 15) is 9.59 Å². The van der Waals surface area contributed by atoms with Gasteiger partial charge in [0, 0.05) is 6.54 Å². The highest BCUT2D eigenvalue weighted by molar-refractivity contribution is 6.01. The number of ether oxygens (including phenoxy) is 1. The van der Waals surface area contributed by atoms with E-state index in [1.165, 1.54) is 0 Å². The molecule has 2 N–H and O–H groups in total. The van der Waals surface area contributed by atoms with Crippen molar-refractivity contribution in [3.63, 3.8) is 0 Å². The highest BCUT2D eigenvalue weighted by Crippen LogP contribution is 2.32. The van der Waals surface area contributed by atoms with Crippen LogP contribution in [0.3, 0.4) is 0 Å². The van der Waals surface area contributed by atoms with Crippen molar-refractivity contribution >= 4 is 11.9 Å². The van der Waals surface area contributed by atoms with Gasteiger partial charge >= 0.3 is 5.97 Å². The molecule has 1 amide bonds. The molecular formula is C15H20N2O3. The second-order valence-corrected chi connectivity index (χ2v) is 4.83. The number of nitrogens with two attached hydrogens (primary N) is 1. The summed E-state index contributed by atoms with van der Waals surface area (Å²) in [6.45, 7) is 2.55. The molecule has 0 spiro atoms. The minimum absolute atomic E-state index is 0.00387. The number of carbonyl (C=O) groups excluding carboxylic acids is 2. The summed E-state index contributed by atoms with van der Waals surface area (Å²) < 4.78 is 4.81. The molecule has 5 heteroatoms. The van der Waals surface area contributed by atoms with E-state index in [0.717, 1.165) is 18.4 Å². The largest absolute Gasteiger partial charge is 0.464 e. The number of benzene rings is 1. The standard InChI is InChI=1S/C15H20N2O3/c1-2-20-15(19)13(16)14(18)17-10-6-9-12(17)11-7-4-3-5-8-11/h3-5,7-8,12-13H,2,6,9-10,16H2,1H3. The molecule has 1 aromatic rings. The highest BCUT2D eigenvalue weighted by Gasteiger charge is 2.35. The van der Waals surface area contributed by atoms with Gasteiger partial charge in [-0.05, 0) is 25.3 Å². The fourth-order valence-corrected chi connectivity index (χ4v) is 2.56. The Morgan fingerprint density at radius 1 is 1.40 bits per heavy atom. The third-order valence-corrected chi connectivity index (χ3v) is 3.53. The number of rotatable bonds is 4. The SMILES string of the molecule is CCOC(=O)C(N)C(=O)N1CCCC1c1ccccc1. The van der Waals surface area contributed by atoms with Crippen molar-refractivity contribution in [3.05, 3.63) is 35.9 Å². The van der Waals surface area contributed by atoms with Crippen LogP contribution in [0.4, 0.5) is 0 Å². The first-order valence-electron chi connectivity index (χ1n) is 6.92. The maximum absolute atomic E-state index is 12.3. The van der Waals surface area contributed by atoms with Crippen LogP contribution in [0.1, 0.15) is 31.4 Å². The normalized spacial score (nSPS) is 19.7. The lowest BCUT2D eigenvalue weighted by Crippen LogP contribution is -2.48. The van der Waals surface area contributed by atoms with Gasteiger partial charge in [-0.15, -0.1) is 0 Å². The number of esters is 1. The molecule has 0 aromatic heterocycles. The maximum atomic E-state index is 12.3. The molecule has 1 heterocycles. The number of likely N-dealkylation sites (tertiary alicyclic amines) is 1. The first-order valence-corrected chi connectivity index (χ1v) is 6.92. The Balaban J connectivity index is 2.11. The molecule has 1 fully saturated rings.